The SMILES string of the molecule is CCCCCC(N)c1cc(C)cc(C)c1. The van der Waals surface area contributed by atoms with E-state index in [4.69, 9.17) is 5.73 Å². The van der Waals surface area contributed by atoms with E-state index in [1.165, 1.54) is 36.0 Å². The molecule has 0 saturated carbocycles. The summed E-state index contributed by atoms with van der Waals surface area (Å²) in [6.45, 7) is 6.49. The summed E-state index contributed by atoms with van der Waals surface area (Å²) in [6, 6.07) is 6.84. The average Bonchev–Trinajstić information content (AvgIpc) is 2.16. The first-order valence-corrected chi connectivity index (χ1v) is 5.97. The molecule has 1 aromatic rings. The summed E-state index contributed by atoms with van der Waals surface area (Å²) < 4.78 is 0. The van der Waals surface area contributed by atoms with Crippen molar-refractivity contribution < 1.29 is 0 Å². The molecular weight excluding hydrogens is 182 g/mol. The van der Waals surface area contributed by atoms with Crippen LogP contribution < -0.4 is 5.73 Å². The number of aryl methyl sites for hydroxylation is 2. The predicted octanol–water partition coefficient (Wildman–Crippen LogP) is 3.88. The molecular formula is C14H23N. The zero-order chi connectivity index (χ0) is 11.3. The fourth-order valence-corrected chi connectivity index (χ4v) is 2.00. The molecule has 0 aliphatic carbocycles. The number of benzene rings is 1. The summed E-state index contributed by atoms with van der Waals surface area (Å²) in [5, 5.41) is 0. The Morgan fingerprint density at radius 1 is 1.07 bits per heavy atom. The first kappa shape index (κ1) is 12.3. The molecule has 0 radical (unpaired) electrons. The van der Waals surface area contributed by atoms with Crippen molar-refractivity contribution in [3.05, 3.63) is 34.9 Å². The predicted molar refractivity (Wildman–Crippen MR) is 67.0 cm³/mol. The van der Waals surface area contributed by atoms with Gasteiger partial charge in [0.1, 0.15) is 0 Å². The third kappa shape index (κ3) is 4.05. The van der Waals surface area contributed by atoms with Gasteiger partial charge < -0.3 is 5.73 Å². The van der Waals surface area contributed by atoms with Gasteiger partial charge in [-0.25, -0.2) is 0 Å². The lowest BCUT2D eigenvalue weighted by molar-refractivity contribution is 0.581. The highest BCUT2D eigenvalue weighted by Gasteiger charge is 2.06. The lowest BCUT2D eigenvalue weighted by Crippen LogP contribution is -2.10. The molecule has 0 amide bonds. The van der Waals surface area contributed by atoms with Gasteiger partial charge in [0.15, 0.2) is 0 Å². The summed E-state index contributed by atoms with van der Waals surface area (Å²) in [6.07, 6.45) is 4.90. The maximum absolute atomic E-state index is 6.17. The van der Waals surface area contributed by atoms with Crippen molar-refractivity contribution in [3.8, 4) is 0 Å². The van der Waals surface area contributed by atoms with Crippen molar-refractivity contribution in [1.29, 1.82) is 0 Å². The second-order valence-corrected chi connectivity index (χ2v) is 4.52. The van der Waals surface area contributed by atoms with Gasteiger partial charge in [0.2, 0.25) is 0 Å². The van der Waals surface area contributed by atoms with E-state index in [0.29, 0.717) is 0 Å². The zero-order valence-corrected chi connectivity index (χ0v) is 10.2. The van der Waals surface area contributed by atoms with E-state index >= 15 is 0 Å². The second-order valence-electron chi connectivity index (χ2n) is 4.52. The molecule has 2 N–H and O–H groups in total. The highest BCUT2D eigenvalue weighted by molar-refractivity contribution is 5.30. The minimum atomic E-state index is 0.218. The molecule has 15 heavy (non-hydrogen) atoms. The Balaban J connectivity index is 2.60. The first-order chi connectivity index (χ1) is 7.13. The van der Waals surface area contributed by atoms with E-state index in [1.807, 2.05) is 0 Å². The van der Waals surface area contributed by atoms with Crippen LogP contribution in [0.1, 0.15) is 55.3 Å². The molecule has 0 aromatic heterocycles. The average molecular weight is 205 g/mol. The summed E-state index contributed by atoms with van der Waals surface area (Å²) in [7, 11) is 0. The summed E-state index contributed by atoms with van der Waals surface area (Å²) >= 11 is 0. The zero-order valence-electron chi connectivity index (χ0n) is 10.2. The molecule has 0 aliphatic heterocycles. The fraction of sp³-hybridized carbons (Fsp3) is 0.571. The molecule has 1 rings (SSSR count). The van der Waals surface area contributed by atoms with Crippen LogP contribution in [-0.4, -0.2) is 0 Å². The third-order valence-corrected chi connectivity index (χ3v) is 2.79. The van der Waals surface area contributed by atoms with Crippen LogP contribution in [0.2, 0.25) is 0 Å². The minimum absolute atomic E-state index is 0.218. The number of unbranched alkanes of at least 4 members (excludes halogenated alkanes) is 2. The van der Waals surface area contributed by atoms with Gasteiger partial charge >= 0.3 is 0 Å². The number of hydrogen-bond acceptors (Lipinski definition) is 1. The van der Waals surface area contributed by atoms with Crippen LogP contribution in [0.4, 0.5) is 0 Å². The molecule has 0 spiro atoms. The van der Waals surface area contributed by atoms with E-state index in [-0.39, 0.29) is 6.04 Å². The molecule has 84 valence electrons. The largest absolute Gasteiger partial charge is 0.324 e. The monoisotopic (exact) mass is 205 g/mol. The van der Waals surface area contributed by atoms with E-state index in [9.17, 15) is 0 Å². The van der Waals surface area contributed by atoms with Crippen molar-refractivity contribution in [2.75, 3.05) is 0 Å². The molecule has 0 aliphatic rings. The Bertz CT molecular complexity index is 284. The van der Waals surface area contributed by atoms with Gasteiger partial charge in [0, 0.05) is 6.04 Å². The summed E-state index contributed by atoms with van der Waals surface area (Å²) in [5.74, 6) is 0. The topological polar surface area (TPSA) is 26.0 Å². The number of rotatable bonds is 5. The Morgan fingerprint density at radius 3 is 2.20 bits per heavy atom. The van der Waals surface area contributed by atoms with Gasteiger partial charge in [-0.1, -0.05) is 55.5 Å². The first-order valence-electron chi connectivity index (χ1n) is 5.97. The Labute approximate surface area is 93.7 Å². The van der Waals surface area contributed by atoms with Gasteiger partial charge in [-0.2, -0.15) is 0 Å². The maximum Gasteiger partial charge on any atom is 0.0295 e. The quantitative estimate of drug-likeness (QED) is 0.725. The van der Waals surface area contributed by atoms with E-state index in [2.05, 4.69) is 39.0 Å². The van der Waals surface area contributed by atoms with Crippen LogP contribution >= 0.6 is 0 Å². The lowest BCUT2D eigenvalue weighted by Gasteiger charge is -2.13. The molecule has 1 atom stereocenters. The molecule has 1 nitrogen and oxygen atoms in total. The van der Waals surface area contributed by atoms with Crippen molar-refractivity contribution in [2.24, 2.45) is 5.73 Å². The molecule has 1 unspecified atom stereocenters. The molecule has 1 heteroatoms. The van der Waals surface area contributed by atoms with Crippen LogP contribution in [0.25, 0.3) is 0 Å². The standard InChI is InChI=1S/C14H23N/c1-4-5-6-7-14(15)13-9-11(2)8-12(3)10-13/h8-10,14H,4-7,15H2,1-3H3. The number of nitrogens with two attached hydrogens (primary N) is 1. The molecule has 1 aromatic carbocycles. The van der Waals surface area contributed by atoms with Crippen LogP contribution in [-0.2, 0) is 0 Å². The van der Waals surface area contributed by atoms with Gasteiger partial charge in [0.25, 0.3) is 0 Å². The highest BCUT2D eigenvalue weighted by Crippen LogP contribution is 2.19. The van der Waals surface area contributed by atoms with Crippen LogP contribution in [0, 0.1) is 13.8 Å². The van der Waals surface area contributed by atoms with Crippen LogP contribution in [0.3, 0.4) is 0 Å². The molecule has 0 heterocycles. The Kier molecular flexibility index (Phi) is 4.83. The van der Waals surface area contributed by atoms with Gasteiger partial charge in [-0.3, -0.25) is 0 Å². The van der Waals surface area contributed by atoms with Crippen molar-refractivity contribution in [3.63, 3.8) is 0 Å². The van der Waals surface area contributed by atoms with Crippen molar-refractivity contribution >= 4 is 0 Å². The van der Waals surface area contributed by atoms with Crippen LogP contribution in [0.5, 0.6) is 0 Å². The van der Waals surface area contributed by atoms with E-state index in [0.717, 1.165) is 6.42 Å². The Morgan fingerprint density at radius 2 is 1.67 bits per heavy atom. The van der Waals surface area contributed by atoms with Crippen molar-refractivity contribution in [1.82, 2.24) is 0 Å². The normalized spacial score (nSPS) is 12.8. The third-order valence-electron chi connectivity index (χ3n) is 2.79. The van der Waals surface area contributed by atoms with Gasteiger partial charge in [0.05, 0.1) is 0 Å². The van der Waals surface area contributed by atoms with Crippen LogP contribution in [0.15, 0.2) is 18.2 Å². The summed E-state index contributed by atoms with van der Waals surface area (Å²) in [4.78, 5) is 0. The minimum Gasteiger partial charge on any atom is -0.324 e. The smallest absolute Gasteiger partial charge is 0.0295 e. The number of hydrogen-bond donors (Lipinski definition) is 1. The summed E-state index contributed by atoms with van der Waals surface area (Å²) in [5.41, 5.74) is 10.1. The van der Waals surface area contributed by atoms with Gasteiger partial charge in [-0.15, -0.1) is 0 Å². The Hall–Kier alpha value is -0.820. The van der Waals surface area contributed by atoms with Crippen molar-refractivity contribution in [2.45, 2.75) is 52.5 Å². The van der Waals surface area contributed by atoms with E-state index < -0.39 is 0 Å². The second kappa shape index (κ2) is 5.92. The van der Waals surface area contributed by atoms with E-state index in [1.54, 1.807) is 0 Å². The van der Waals surface area contributed by atoms with Gasteiger partial charge in [-0.05, 0) is 25.8 Å². The molecule has 0 saturated heterocycles. The highest BCUT2D eigenvalue weighted by atomic mass is 14.6. The fourth-order valence-electron chi connectivity index (χ4n) is 2.00. The lowest BCUT2D eigenvalue weighted by atomic mass is 9.98. The molecule has 0 bridgehead atoms. The maximum atomic E-state index is 6.17. The molecule has 0 fully saturated rings.